The van der Waals surface area contributed by atoms with Crippen molar-refractivity contribution in [1.29, 1.82) is 0 Å². The maximum absolute atomic E-state index is 13.0. The third-order valence-corrected chi connectivity index (χ3v) is 6.60. The van der Waals surface area contributed by atoms with Gasteiger partial charge in [0.15, 0.2) is 5.82 Å². The molecule has 2 aliphatic heterocycles. The highest BCUT2D eigenvalue weighted by atomic mass is 16.5. The molecule has 1 aliphatic carbocycles. The number of ether oxygens (including phenoxy) is 1. The van der Waals surface area contributed by atoms with Gasteiger partial charge < -0.3 is 20.3 Å². The molecular weight excluding hydrogens is 392 g/mol. The number of amides is 1. The lowest BCUT2D eigenvalue weighted by Gasteiger charge is -2.46. The fraction of sp³-hybridized carbons (Fsp3) is 0.478. The number of aliphatic imine (C=N–C) groups is 1. The molecule has 0 aromatic carbocycles. The van der Waals surface area contributed by atoms with E-state index in [1.165, 1.54) is 12.8 Å². The second kappa shape index (κ2) is 8.17. The van der Waals surface area contributed by atoms with Crippen LogP contribution in [0.4, 0.5) is 11.5 Å². The number of fused-ring (bicyclic) bond motifs is 1. The maximum Gasteiger partial charge on any atom is 0.255 e. The topological polar surface area (TPSA) is 91.7 Å². The third kappa shape index (κ3) is 3.82. The molecule has 8 heteroatoms. The van der Waals surface area contributed by atoms with Gasteiger partial charge in [0.05, 0.1) is 29.9 Å². The Morgan fingerprint density at radius 3 is 2.71 bits per heavy atom. The zero-order valence-electron chi connectivity index (χ0n) is 17.8. The van der Waals surface area contributed by atoms with Gasteiger partial charge in [0, 0.05) is 31.5 Å². The van der Waals surface area contributed by atoms with Crippen LogP contribution in [-0.2, 0) is 0 Å². The Morgan fingerprint density at radius 2 is 2.00 bits per heavy atom. The molecular formula is C23H28N6O2. The fourth-order valence-electron chi connectivity index (χ4n) is 4.79. The van der Waals surface area contributed by atoms with Crippen molar-refractivity contribution in [2.45, 2.75) is 50.1 Å². The quantitative estimate of drug-likeness (QED) is 0.791. The first-order chi connectivity index (χ1) is 15.2. The van der Waals surface area contributed by atoms with Crippen LogP contribution in [-0.4, -0.2) is 58.4 Å². The molecule has 162 valence electrons. The van der Waals surface area contributed by atoms with Gasteiger partial charge in [-0.25, -0.2) is 9.97 Å². The normalized spacial score (nSPS) is 21.5. The van der Waals surface area contributed by atoms with Crippen molar-refractivity contribution in [3.8, 4) is 5.88 Å². The predicted octanol–water partition coefficient (Wildman–Crippen LogP) is 3.34. The molecule has 1 amide bonds. The highest BCUT2D eigenvalue weighted by molar-refractivity contribution is 6.09. The molecule has 31 heavy (non-hydrogen) atoms. The molecule has 0 radical (unpaired) electrons. The Labute approximate surface area is 182 Å². The van der Waals surface area contributed by atoms with Crippen molar-refractivity contribution >= 4 is 23.2 Å². The first-order valence-electron chi connectivity index (χ1n) is 11.0. The number of hydrogen-bond acceptors (Lipinski definition) is 6. The highest BCUT2D eigenvalue weighted by Crippen LogP contribution is 2.37. The number of aromatic nitrogens is 2. The summed E-state index contributed by atoms with van der Waals surface area (Å²) in [5, 5.41) is 7.25. The summed E-state index contributed by atoms with van der Waals surface area (Å²) in [4.78, 5) is 28.7. The van der Waals surface area contributed by atoms with Gasteiger partial charge in [0.25, 0.3) is 5.91 Å². The molecule has 2 aromatic rings. The standard InChI is InChI=1S/C23H28N6O2/c1-31-19-9-8-16(15-25-19)21(30)29-13-10-23(11-14-29)22(26-17-5-2-3-6-17)27-20-18(28-23)7-4-12-24-20/h4,7-9,12,15,17,28H,2-3,5-6,10-11,13-14H2,1H3,(H,24,26,27). The van der Waals surface area contributed by atoms with Crippen molar-refractivity contribution in [3.05, 3.63) is 42.2 Å². The molecule has 1 saturated carbocycles. The van der Waals surface area contributed by atoms with Gasteiger partial charge in [-0.15, -0.1) is 0 Å². The molecule has 8 nitrogen and oxygen atoms in total. The largest absolute Gasteiger partial charge is 0.481 e. The van der Waals surface area contributed by atoms with E-state index >= 15 is 0 Å². The van der Waals surface area contributed by atoms with E-state index in [0.29, 0.717) is 30.6 Å². The molecule has 0 unspecified atom stereocenters. The fourth-order valence-corrected chi connectivity index (χ4v) is 4.79. The Hall–Kier alpha value is -3.16. The second-order valence-corrected chi connectivity index (χ2v) is 8.53. The summed E-state index contributed by atoms with van der Waals surface area (Å²) in [5.74, 6) is 2.31. The van der Waals surface area contributed by atoms with Gasteiger partial charge in [-0.1, -0.05) is 12.8 Å². The summed E-state index contributed by atoms with van der Waals surface area (Å²) in [6.07, 6.45) is 9.73. The lowest BCUT2D eigenvalue weighted by atomic mass is 9.83. The van der Waals surface area contributed by atoms with Crippen molar-refractivity contribution in [1.82, 2.24) is 14.9 Å². The smallest absolute Gasteiger partial charge is 0.255 e. The summed E-state index contributed by atoms with van der Waals surface area (Å²) in [6, 6.07) is 7.85. The number of carbonyl (C=O) groups is 1. The molecule has 2 fully saturated rings. The van der Waals surface area contributed by atoms with Crippen molar-refractivity contribution < 1.29 is 9.53 Å². The highest BCUT2D eigenvalue weighted by Gasteiger charge is 2.44. The molecule has 2 N–H and O–H groups in total. The molecule has 2 aromatic heterocycles. The van der Waals surface area contributed by atoms with E-state index in [9.17, 15) is 4.79 Å². The molecule has 1 saturated heterocycles. The van der Waals surface area contributed by atoms with Gasteiger partial charge in [0.2, 0.25) is 5.88 Å². The van der Waals surface area contributed by atoms with Crippen LogP contribution >= 0.6 is 0 Å². The Bertz CT molecular complexity index is 976. The van der Waals surface area contributed by atoms with Crippen LogP contribution in [0.5, 0.6) is 5.88 Å². The number of amidine groups is 1. The van der Waals surface area contributed by atoms with Crippen LogP contribution < -0.4 is 15.4 Å². The van der Waals surface area contributed by atoms with Crippen molar-refractivity contribution in [2.75, 3.05) is 30.8 Å². The zero-order chi connectivity index (χ0) is 21.3. The number of piperidine rings is 1. The number of methoxy groups -OCH3 is 1. The number of anilines is 2. The van der Waals surface area contributed by atoms with Gasteiger partial charge >= 0.3 is 0 Å². The average molecular weight is 421 g/mol. The summed E-state index contributed by atoms with van der Waals surface area (Å²) >= 11 is 0. The summed E-state index contributed by atoms with van der Waals surface area (Å²) in [5.41, 5.74) is 1.28. The number of hydrogen-bond donors (Lipinski definition) is 2. The lowest BCUT2D eigenvalue weighted by molar-refractivity contribution is 0.0704. The van der Waals surface area contributed by atoms with E-state index in [0.717, 1.165) is 43.0 Å². The maximum atomic E-state index is 13.0. The van der Waals surface area contributed by atoms with Gasteiger partial charge in [-0.3, -0.25) is 9.79 Å². The lowest BCUT2D eigenvalue weighted by Crippen LogP contribution is -2.59. The Kier molecular flexibility index (Phi) is 5.21. The minimum Gasteiger partial charge on any atom is -0.481 e. The van der Waals surface area contributed by atoms with E-state index in [-0.39, 0.29) is 11.4 Å². The molecule has 5 rings (SSSR count). The Balaban J connectivity index is 1.36. The van der Waals surface area contributed by atoms with E-state index in [1.54, 1.807) is 31.6 Å². The number of nitrogens with one attached hydrogen (secondary N) is 2. The average Bonchev–Trinajstić information content (AvgIpc) is 3.33. The summed E-state index contributed by atoms with van der Waals surface area (Å²) in [7, 11) is 1.57. The van der Waals surface area contributed by atoms with E-state index < -0.39 is 0 Å². The molecule has 1 spiro atoms. The first kappa shape index (κ1) is 19.8. The number of likely N-dealkylation sites (tertiary alicyclic amines) is 1. The van der Waals surface area contributed by atoms with E-state index in [1.807, 2.05) is 17.0 Å². The van der Waals surface area contributed by atoms with Crippen molar-refractivity contribution in [2.24, 2.45) is 4.99 Å². The van der Waals surface area contributed by atoms with Gasteiger partial charge in [-0.2, -0.15) is 0 Å². The van der Waals surface area contributed by atoms with Crippen LogP contribution in [0.1, 0.15) is 48.9 Å². The van der Waals surface area contributed by atoms with E-state index in [2.05, 4.69) is 20.6 Å². The van der Waals surface area contributed by atoms with Crippen LogP contribution in [0.15, 0.2) is 41.7 Å². The zero-order valence-corrected chi connectivity index (χ0v) is 17.8. The first-order valence-corrected chi connectivity index (χ1v) is 11.0. The number of pyridine rings is 2. The van der Waals surface area contributed by atoms with Crippen LogP contribution in [0, 0.1) is 0 Å². The molecule has 3 aliphatic rings. The minimum atomic E-state index is -0.298. The van der Waals surface area contributed by atoms with Gasteiger partial charge in [0.1, 0.15) is 5.84 Å². The third-order valence-electron chi connectivity index (χ3n) is 6.60. The summed E-state index contributed by atoms with van der Waals surface area (Å²) < 4.78 is 5.10. The van der Waals surface area contributed by atoms with Crippen LogP contribution in [0.2, 0.25) is 0 Å². The number of nitrogens with zero attached hydrogens (tertiary/aromatic N) is 4. The molecule has 4 heterocycles. The predicted molar refractivity (Wildman–Crippen MR) is 120 cm³/mol. The number of rotatable bonds is 3. The second-order valence-electron chi connectivity index (χ2n) is 8.53. The summed E-state index contributed by atoms with van der Waals surface area (Å²) in [6.45, 7) is 1.30. The number of carbonyl (C=O) groups excluding carboxylic acids is 1. The van der Waals surface area contributed by atoms with Crippen molar-refractivity contribution in [3.63, 3.8) is 0 Å². The molecule has 0 atom stereocenters. The van der Waals surface area contributed by atoms with E-state index in [4.69, 9.17) is 9.73 Å². The Morgan fingerprint density at radius 1 is 1.19 bits per heavy atom. The SMILES string of the molecule is COc1ccc(C(=O)N2CCC3(CC2)Nc2cccnc2NC3=NC2CCCC2)cn1. The monoisotopic (exact) mass is 420 g/mol. The van der Waals surface area contributed by atoms with Gasteiger partial charge in [-0.05, 0) is 43.9 Å². The van der Waals surface area contributed by atoms with Crippen LogP contribution in [0.25, 0.3) is 0 Å². The molecule has 0 bridgehead atoms. The van der Waals surface area contributed by atoms with Crippen LogP contribution in [0.3, 0.4) is 0 Å². The minimum absolute atomic E-state index is 0.00474.